The molecule has 5 heteroatoms. The molecule has 0 saturated carbocycles. The lowest BCUT2D eigenvalue weighted by Gasteiger charge is -2.25. The van der Waals surface area contributed by atoms with Gasteiger partial charge < -0.3 is 14.4 Å². The molecule has 1 aromatic rings. The maximum atomic E-state index is 9.14. The molecule has 0 spiro atoms. The molecular weight excluding hydrogens is 230 g/mol. The van der Waals surface area contributed by atoms with E-state index < -0.39 is 0 Å². The molecule has 5 nitrogen and oxygen atoms in total. The van der Waals surface area contributed by atoms with Crippen LogP contribution in [0.3, 0.4) is 0 Å². The summed E-state index contributed by atoms with van der Waals surface area (Å²) in [4.78, 5) is 6.43. The van der Waals surface area contributed by atoms with E-state index in [1.807, 2.05) is 0 Å². The highest BCUT2D eigenvalue weighted by molar-refractivity contribution is 5.55. The van der Waals surface area contributed by atoms with Crippen molar-refractivity contribution in [3.8, 4) is 6.07 Å². The molecule has 1 saturated heterocycles. The van der Waals surface area contributed by atoms with E-state index in [4.69, 9.17) is 14.7 Å². The normalized spacial score (nSPS) is 23.1. The van der Waals surface area contributed by atoms with Crippen LogP contribution in [0.4, 0.5) is 5.82 Å². The Morgan fingerprint density at radius 3 is 3.06 bits per heavy atom. The van der Waals surface area contributed by atoms with Crippen LogP contribution in [0.25, 0.3) is 0 Å². The molecule has 1 fully saturated rings. The van der Waals surface area contributed by atoms with Crippen molar-refractivity contribution in [2.75, 3.05) is 32.3 Å². The van der Waals surface area contributed by atoms with Crippen molar-refractivity contribution >= 4 is 5.82 Å². The number of ether oxygens (including phenoxy) is 2. The summed E-state index contributed by atoms with van der Waals surface area (Å²) in [7, 11) is 3.39. The van der Waals surface area contributed by atoms with E-state index in [1.165, 1.54) is 0 Å². The Morgan fingerprint density at radius 1 is 1.56 bits per heavy atom. The van der Waals surface area contributed by atoms with Gasteiger partial charge in [-0.05, 0) is 18.6 Å². The van der Waals surface area contributed by atoms with Crippen molar-refractivity contribution < 1.29 is 9.47 Å². The molecule has 0 amide bonds. The molecule has 1 aliphatic heterocycles. The van der Waals surface area contributed by atoms with Crippen LogP contribution in [0.1, 0.15) is 12.0 Å². The number of anilines is 1. The molecule has 18 heavy (non-hydrogen) atoms. The van der Waals surface area contributed by atoms with E-state index in [-0.39, 0.29) is 12.1 Å². The van der Waals surface area contributed by atoms with Crippen LogP contribution in [0, 0.1) is 11.3 Å². The quantitative estimate of drug-likeness (QED) is 0.800. The van der Waals surface area contributed by atoms with Gasteiger partial charge in [-0.25, -0.2) is 4.98 Å². The number of pyridine rings is 1. The van der Waals surface area contributed by atoms with E-state index in [1.54, 1.807) is 32.5 Å². The number of nitrogens with zero attached hydrogens (tertiary/aromatic N) is 3. The molecule has 0 bridgehead atoms. The third-order valence-electron chi connectivity index (χ3n) is 3.25. The summed E-state index contributed by atoms with van der Waals surface area (Å²) in [6.07, 6.45) is 2.77. The highest BCUT2D eigenvalue weighted by atomic mass is 16.5. The monoisotopic (exact) mass is 247 g/mol. The number of hydrogen-bond donors (Lipinski definition) is 0. The lowest BCUT2D eigenvalue weighted by Crippen LogP contribution is -2.34. The highest BCUT2D eigenvalue weighted by Gasteiger charge is 2.33. The summed E-state index contributed by atoms with van der Waals surface area (Å²) in [5, 5.41) is 9.14. The van der Waals surface area contributed by atoms with Gasteiger partial charge >= 0.3 is 0 Å². The van der Waals surface area contributed by atoms with Gasteiger partial charge in [0.05, 0.1) is 24.3 Å². The number of methoxy groups -OCH3 is 2. The Hall–Kier alpha value is -1.64. The fourth-order valence-electron chi connectivity index (χ4n) is 2.37. The zero-order chi connectivity index (χ0) is 13.0. The maximum absolute atomic E-state index is 9.14. The topological polar surface area (TPSA) is 58.4 Å². The number of rotatable bonds is 4. The molecule has 2 heterocycles. The largest absolute Gasteiger partial charge is 0.383 e. The van der Waals surface area contributed by atoms with Crippen molar-refractivity contribution in [1.29, 1.82) is 5.26 Å². The first-order chi connectivity index (χ1) is 8.80. The van der Waals surface area contributed by atoms with Gasteiger partial charge in [0.25, 0.3) is 0 Å². The Kier molecular flexibility index (Phi) is 4.13. The minimum Gasteiger partial charge on any atom is -0.383 e. The molecule has 96 valence electrons. The van der Waals surface area contributed by atoms with Crippen molar-refractivity contribution in [1.82, 2.24) is 4.98 Å². The first-order valence-corrected chi connectivity index (χ1v) is 5.93. The minimum atomic E-state index is 0.165. The predicted octanol–water partition coefficient (Wildman–Crippen LogP) is 1.19. The van der Waals surface area contributed by atoms with E-state index in [2.05, 4.69) is 16.0 Å². The summed E-state index contributed by atoms with van der Waals surface area (Å²) in [5.74, 6) is 0.724. The molecule has 0 unspecified atom stereocenters. The molecule has 0 radical (unpaired) electrons. The smallest absolute Gasteiger partial charge is 0.146 e. The van der Waals surface area contributed by atoms with Crippen molar-refractivity contribution in [2.24, 2.45) is 0 Å². The third kappa shape index (κ3) is 2.45. The minimum absolute atomic E-state index is 0.165. The Balaban J connectivity index is 2.27. The average molecular weight is 247 g/mol. The molecule has 0 N–H and O–H groups in total. The first-order valence-electron chi connectivity index (χ1n) is 5.93. The SMILES string of the molecule is COC[C@@H]1C[C@@H](OC)CN1c1ncccc1C#N. The molecule has 1 aromatic heterocycles. The van der Waals surface area contributed by atoms with Gasteiger partial charge in [0, 0.05) is 27.0 Å². The van der Waals surface area contributed by atoms with Crippen LogP contribution >= 0.6 is 0 Å². The maximum Gasteiger partial charge on any atom is 0.146 e. The van der Waals surface area contributed by atoms with Gasteiger partial charge in [0.2, 0.25) is 0 Å². The fourth-order valence-corrected chi connectivity index (χ4v) is 2.37. The summed E-state index contributed by atoms with van der Waals surface area (Å²) in [6.45, 7) is 1.36. The van der Waals surface area contributed by atoms with E-state index in [0.717, 1.165) is 18.8 Å². The van der Waals surface area contributed by atoms with Crippen LogP contribution in [0.15, 0.2) is 18.3 Å². The summed E-state index contributed by atoms with van der Waals surface area (Å²) < 4.78 is 10.6. The number of nitriles is 1. The fraction of sp³-hybridized carbons (Fsp3) is 0.538. The zero-order valence-corrected chi connectivity index (χ0v) is 10.7. The first kappa shape index (κ1) is 12.8. The number of aromatic nitrogens is 1. The van der Waals surface area contributed by atoms with Gasteiger partial charge in [0.1, 0.15) is 11.9 Å². The highest BCUT2D eigenvalue weighted by Crippen LogP contribution is 2.27. The van der Waals surface area contributed by atoms with Gasteiger partial charge in [-0.1, -0.05) is 0 Å². The average Bonchev–Trinajstić information content (AvgIpc) is 2.82. The van der Waals surface area contributed by atoms with E-state index >= 15 is 0 Å². The molecule has 2 rings (SSSR count). The Labute approximate surface area is 107 Å². The Bertz CT molecular complexity index is 444. The third-order valence-corrected chi connectivity index (χ3v) is 3.25. The predicted molar refractivity (Wildman–Crippen MR) is 67.4 cm³/mol. The lowest BCUT2D eigenvalue weighted by molar-refractivity contribution is 0.111. The molecule has 0 aliphatic carbocycles. The zero-order valence-electron chi connectivity index (χ0n) is 10.7. The van der Waals surface area contributed by atoms with Gasteiger partial charge in [-0.2, -0.15) is 5.26 Å². The van der Waals surface area contributed by atoms with Crippen LogP contribution in [0.2, 0.25) is 0 Å². The van der Waals surface area contributed by atoms with Gasteiger partial charge in [0.15, 0.2) is 0 Å². The second kappa shape index (κ2) is 5.80. The molecule has 1 aliphatic rings. The van der Waals surface area contributed by atoms with Crippen LogP contribution in [-0.4, -0.2) is 44.5 Å². The standard InChI is InChI=1S/C13H17N3O2/c1-17-9-11-6-12(18-2)8-16(11)13-10(7-14)4-3-5-15-13/h3-5,11-12H,6,8-9H2,1-2H3/t11-,12+/m0/s1. The molecular formula is C13H17N3O2. The van der Waals surface area contributed by atoms with E-state index in [9.17, 15) is 0 Å². The summed E-state index contributed by atoms with van der Waals surface area (Å²) in [6, 6.07) is 5.95. The van der Waals surface area contributed by atoms with Crippen LogP contribution in [-0.2, 0) is 9.47 Å². The second-order valence-electron chi connectivity index (χ2n) is 4.34. The number of hydrogen-bond acceptors (Lipinski definition) is 5. The summed E-state index contributed by atoms with van der Waals surface area (Å²) >= 11 is 0. The van der Waals surface area contributed by atoms with Gasteiger partial charge in [-0.3, -0.25) is 0 Å². The van der Waals surface area contributed by atoms with Crippen LogP contribution < -0.4 is 4.90 Å². The van der Waals surface area contributed by atoms with Gasteiger partial charge in [-0.15, -0.1) is 0 Å². The Morgan fingerprint density at radius 2 is 2.39 bits per heavy atom. The van der Waals surface area contributed by atoms with Crippen molar-refractivity contribution in [3.05, 3.63) is 23.9 Å². The summed E-state index contributed by atoms with van der Waals surface area (Å²) in [5.41, 5.74) is 0.593. The molecule has 0 aromatic carbocycles. The van der Waals surface area contributed by atoms with Crippen molar-refractivity contribution in [2.45, 2.75) is 18.6 Å². The van der Waals surface area contributed by atoms with Crippen LogP contribution in [0.5, 0.6) is 0 Å². The molecule has 2 atom stereocenters. The van der Waals surface area contributed by atoms with Crippen molar-refractivity contribution in [3.63, 3.8) is 0 Å². The second-order valence-corrected chi connectivity index (χ2v) is 4.34. The van der Waals surface area contributed by atoms with E-state index in [0.29, 0.717) is 12.2 Å². The lowest BCUT2D eigenvalue weighted by atomic mass is 10.2.